The van der Waals surface area contributed by atoms with E-state index in [0.717, 1.165) is 6.20 Å². The maximum Gasteiger partial charge on any atom is 0.307 e. The summed E-state index contributed by atoms with van der Waals surface area (Å²) < 4.78 is 25.7. The second kappa shape index (κ2) is 4.65. The number of carboxylic acid groups (broad SMARTS) is 1. The number of alkyl halides is 2. The maximum absolute atomic E-state index is 12.7. The zero-order valence-electron chi connectivity index (χ0n) is 7.80. The van der Waals surface area contributed by atoms with E-state index >= 15 is 0 Å². The Hall–Kier alpha value is -1.04. The first-order chi connectivity index (χ1) is 6.93. The summed E-state index contributed by atoms with van der Waals surface area (Å²) in [4.78, 5) is 14.3. The number of nitrogens with zero attached hydrogens (tertiary/aromatic N) is 1. The van der Waals surface area contributed by atoms with Crippen molar-refractivity contribution < 1.29 is 18.7 Å². The molecule has 0 unspecified atom stereocenters. The molecule has 0 aromatic carbocycles. The van der Waals surface area contributed by atoms with Crippen LogP contribution in [0.1, 0.15) is 23.1 Å². The predicted octanol–water partition coefficient (Wildman–Crippen LogP) is 2.72. The van der Waals surface area contributed by atoms with Gasteiger partial charge in [0.2, 0.25) is 0 Å². The van der Waals surface area contributed by atoms with Gasteiger partial charge in [-0.2, -0.15) is 0 Å². The van der Waals surface area contributed by atoms with Gasteiger partial charge in [-0.25, -0.2) is 13.8 Å². The quantitative estimate of drug-likeness (QED) is 0.866. The van der Waals surface area contributed by atoms with E-state index < -0.39 is 18.8 Å². The van der Waals surface area contributed by atoms with Crippen LogP contribution in [0.3, 0.4) is 0 Å². The number of rotatable bonds is 3. The van der Waals surface area contributed by atoms with Gasteiger partial charge in [-0.3, -0.25) is 4.79 Å². The highest BCUT2D eigenvalue weighted by atomic mass is 79.9. The monoisotopic (exact) mass is 279 g/mol. The summed E-state index contributed by atoms with van der Waals surface area (Å²) >= 11 is 3.02. The van der Waals surface area contributed by atoms with Crippen molar-refractivity contribution in [3.63, 3.8) is 0 Å². The number of aliphatic carboxylic acids is 1. The summed E-state index contributed by atoms with van der Waals surface area (Å²) in [5, 5.41) is 8.55. The third-order valence-electron chi connectivity index (χ3n) is 1.95. The molecule has 0 fully saturated rings. The molecule has 3 nitrogen and oxygen atoms in total. The molecule has 1 aromatic heterocycles. The number of hydrogen-bond donors (Lipinski definition) is 1. The van der Waals surface area contributed by atoms with Crippen molar-refractivity contribution in [1.29, 1.82) is 0 Å². The summed E-state index contributed by atoms with van der Waals surface area (Å²) in [6.45, 7) is 1.48. The van der Waals surface area contributed by atoms with Crippen LogP contribution in [0.2, 0.25) is 0 Å². The normalized spacial score (nSPS) is 10.7. The Labute approximate surface area is 93.3 Å². The number of pyridine rings is 1. The van der Waals surface area contributed by atoms with Gasteiger partial charge in [-0.1, -0.05) is 0 Å². The van der Waals surface area contributed by atoms with Crippen molar-refractivity contribution >= 4 is 21.9 Å². The van der Waals surface area contributed by atoms with Crippen LogP contribution in [-0.4, -0.2) is 16.1 Å². The molecule has 0 atom stereocenters. The largest absolute Gasteiger partial charge is 0.481 e. The number of hydrogen-bond acceptors (Lipinski definition) is 2. The highest BCUT2D eigenvalue weighted by Crippen LogP contribution is 2.29. The molecule has 0 radical (unpaired) electrons. The lowest BCUT2D eigenvalue weighted by Gasteiger charge is -2.10. The Balaban J connectivity index is 3.26. The zero-order valence-corrected chi connectivity index (χ0v) is 9.38. The predicted molar refractivity (Wildman–Crippen MR) is 53.0 cm³/mol. The Morgan fingerprint density at radius 1 is 1.67 bits per heavy atom. The van der Waals surface area contributed by atoms with E-state index in [2.05, 4.69) is 20.9 Å². The number of carbonyl (C=O) groups is 1. The van der Waals surface area contributed by atoms with Crippen molar-refractivity contribution in [3.05, 3.63) is 27.5 Å². The molecule has 0 spiro atoms. The van der Waals surface area contributed by atoms with Gasteiger partial charge in [0.25, 0.3) is 6.43 Å². The fourth-order valence-corrected chi connectivity index (χ4v) is 1.58. The Morgan fingerprint density at radius 3 is 2.73 bits per heavy atom. The van der Waals surface area contributed by atoms with Crippen LogP contribution in [0.15, 0.2) is 10.8 Å². The lowest BCUT2D eigenvalue weighted by Crippen LogP contribution is -2.07. The van der Waals surface area contributed by atoms with E-state index in [0.29, 0.717) is 4.60 Å². The van der Waals surface area contributed by atoms with Crippen LogP contribution in [0.5, 0.6) is 0 Å². The molecular formula is C9H8BrF2NO2. The second-order valence-electron chi connectivity index (χ2n) is 2.98. The fraction of sp³-hybridized carbons (Fsp3) is 0.333. The van der Waals surface area contributed by atoms with Gasteiger partial charge in [0.05, 0.1) is 6.42 Å². The third kappa shape index (κ3) is 2.71. The van der Waals surface area contributed by atoms with Gasteiger partial charge in [0.1, 0.15) is 4.60 Å². The molecule has 0 saturated heterocycles. The molecule has 0 aliphatic heterocycles. The van der Waals surface area contributed by atoms with E-state index in [9.17, 15) is 13.6 Å². The smallest absolute Gasteiger partial charge is 0.307 e. The van der Waals surface area contributed by atoms with Crippen LogP contribution in [0, 0.1) is 6.92 Å². The maximum atomic E-state index is 12.7. The van der Waals surface area contributed by atoms with Gasteiger partial charge >= 0.3 is 5.97 Å². The minimum absolute atomic E-state index is 0.0539. The van der Waals surface area contributed by atoms with Crippen molar-refractivity contribution in [2.24, 2.45) is 0 Å². The zero-order chi connectivity index (χ0) is 11.6. The van der Waals surface area contributed by atoms with Crippen LogP contribution in [0.25, 0.3) is 0 Å². The number of aromatic nitrogens is 1. The van der Waals surface area contributed by atoms with Gasteiger partial charge < -0.3 is 5.11 Å². The molecule has 0 aliphatic carbocycles. The molecule has 1 aromatic rings. The topological polar surface area (TPSA) is 50.2 Å². The molecule has 1 N–H and O–H groups in total. The highest BCUT2D eigenvalue weighted by Gasteiger charge is 2.19. The van der Waals surface area contributed by atoms with Crippen LogP contribution < -0.4 is 0 Å². The Kier molecular flexibility index (Phi) is 3.73. The third-order valence-corrected chi connectivity index (χ3v) is 2.75. The van der Waals surface area contributed by atoms with E-state index in [1.165, 1.54) is 6.92 Å². The summed E-state index contributed by atoms with van der Waals surface area (Å²) in [5.74, 6) is -1.15. The van der Waals surface area contributed by atoms with Crippen LogP contribution in [0.4, 0.5) is 8.78 Å². The Morgan fingerprint density at radius 2 is 2.27 bits per heavy atom. The van der Waals surface area contributed by atoms with E-state index in [4.69, 9.17) is 5.11 Å². The molecular weight excluding hydrogens is 272 g/mol. The molecule has 15 heavy (non-hydrogen) atoms. The minimum Gasteiger partial charge on any atom is -0.481 e. The number of halogens is 3. The van der Waals surface area contributed by atoms with Gasteiger partial charge in [0.15, 0.2) is 0 Å². The van der Waals surface area contributed by atoms with Crippen LogP contribution in [-0.2, 0) is 11.2 Å². The van der Waals surface area contributed by atoms with Gasteiger partial charge in [-0.05, 0) is 34.0 Å². The van der Waals surface area contributed by atoms with E-state index in [1.54, 1.807) is 0 Å². The SMILES string of the molecule is Cc1c(Br)ncc(CC(=O)O)c1C(F)F. The van der Waals surface area contributed by atoms with E-state index in [1.807, 2.05) is 0 Å². The molecule has 0 saturated carbocycles. The fourth-order valence-electron chi connectivity index (χ4n) is 1.26. The van der Waals surface area contributed by atoms with Gasteiger partial charge in [0, 0.05) is 11.8 Å². The lowest BCUT2D eigenvalue weighted by atomic mass is 10.0. The first-order valence-corrected chi connectivity index (χ1v) is 4.86. The highest BCUT2D eigenvalue weighted by molar-refractivity contribution is 9.10. The van der Waals surface area contributed by atoms with E-state index in [-0.39, 0.29) is 16.7 Å². The van der Waals surface area contributed by atoms with Crippen molar-refractivity contribution in [2.75, 3.05) is 0 Å². The average Bonchev–Trinajstić information content (AvgIpc) is 2.10. The summed E-state index contributed by atoms with van der Waals surface area (Å²) in [6.07, 6.45) is -1.98. The molecule has 6 heteroatoms. The number of carboxylic acids is 1. The van der Waals surface area contributed by atoms with Crippen molar-refractivity contribution in [3.8, 4) is 0 Å². The molecule has 82 valence electrons. The minimum atomic E-state index is -2.70. The average molecular weight is 280 g/mol. The molecule has 0 aliphatic rings. The van der Waals surface area contributed by atoms with Crippen molar-refractivity contribution in [1.82, 2.24) is 4.98 Å². The summed E-state index contributed by atoms with van der Waals surface area (Å²) in [7, 11) is 0. The first-order valence-electron chi connectivity index (χ1n) is 4.07. The molecule has 1 rings (SSSR count). The van der Waals surface area contributed by atoms with Crippen LogP contribution >= 0.6 is 15.9 Å². The molecule has 0 amide bonds. The Bertz CT molecular complexity index is 396. The van der Waals surface area contributed by atoms with Gasteiger partial charge in [-0.15, -0.1) is 0 Å². The molecule has 0 bridgehead atoms. The first kappa shape index (κ1) is 12.0. The lowest BCUT2D eigenvalue weighted by molar-refractivity contribution is -0.136. The second-order valence-corrected chi connectivity index (χ2v) is 3.74. The standard InChI is InChI=1S/C9H8BrF2NO2/c1-4-7(9(11)12)5(2-6(14)15)3-13-8(4)10/h3,9H,2H2,1H3,(H,14,15). The molecule has 1 heterocycles. The summed E-state index contributed by atoms with van der Waals surface area (Å²) in [5.41, 5.74) is 0.0845. The van der Waals surface area contributed by atoms with Crippen molar-refractivity contribution in [2.45, 2.75) is 19.8 Å². The summed E-state index contributed by atoms with van der Waals surface area (Å²) in [6, 6.07) is 0.